The highest BCUT2D eigenvalue weighted by atomic mass is 32.4. The van der Waals surface area contributed by atoms with Gasteiger partial charge in [-0.1, -0.05) is 31.0 Å². The first-order valence-corrected chi connectivity index (χ1v) is 11.1. The fourth-order valence-electron chi connectivity index (χ4n) is 1.77. The molecular weight excluding hydrogens is 292 g/mol. The van der Waals surface area contributed by atoms with Gasteiger partial charge >= 0.3 is 7.95 Å². The van der Waals surface area contributed by atoms with Crippen LogP contribution in [0.2, 0.25) is 0 Å². The summed E-state index contributed by atoms with van der Waals surface area (Å²) in [5.74, 6) is 1.05. The highest BCUT2D eigenvalue weighted by molar-refractivity contribution is 8.26. The molecule has 6 heteroatoms. The molecule has 20 heavy (non-hydrogen) atoms. The Labute approximate surface area is 129 Å². The zero-order chi connectivity index (χ0) is 15.3. The largest absolute Gasteiger partial charge is 0.573 e. The van der Waals surface area contributed by atoms with Gasteiger partial charge in [0, 0.05) is 38.4 Å². The van der Waals surface area contributed by atoms with E-state index in [0.29, 0.717) is 38.4 Å². The predicted molar refractivity (Wildman–Crippen MR) is 86.9 cm³/mol. The molecule has 0 spiro atoms. The van der Waals surface area contributed by atoms with Crippen molar-refractivity contribution in [2.45, 2.75) is 59.8 Å². The van der Waals surface area contributed by atoms with Gasteiger partial charge in [-0.2, -0.15) is 0 Å². The Hall–Kier alpha value is 0.117. The number of carbonyl (C=O) groups is 1. The highest BCUT2D eigenvalue weighted by Crippen LogP contribution is 2.25. The van der Waals surface area contributed by atoms with Gasteiger partial charge in [-0.25, -0.2) is 0 Å². The van der Waals surface area contributed by atoms with Crippen molar-refractivity contribution in [1.29, 1.82) is 0 Å². The summed E-state index contributed by atoms with van der Waals surface area (Å²) in [6.45, 7) is 9.69. The number of unbranched alkanes of at least 4 members (excludes halogenated alkanes) is 2. The Balaban J connectivity index is 4.13. The van der Waals surface area contributed by atoms with Crippen molar-refractivity contribution < 1.29 is 18.1 Å². The average Bonchev–Trinajstić information content (AvgIpc) is 2.40. The molecule has 0 aromatic carbocycles. The minimum Gasteiger partial charge on any atom is -0.366 e. The van der Waals surface area contributed by atoms with E-state index in [2.05, 4.69) is 6.92 Å². The quantitative estimate of drug-likeness (QED) is 0.359. The van der Waals surface area contributed by atoms with Crippen LogP contribution in [0.4, 0.5) is 0 Å². The van der Waals surface area contributed by atoms with Gasteiger partial charge in [-0.3, -0.25) is 4.79 Å². The van der Waals surface area contributed by atoms with Crippen LogP contribution in [-0.4, -0.2) is 39.3 Å². The van der Waals surface area contributed by atoms with Crippen molar-refractivity contribution in [3.8, 4) is 0 Å². The summed E-state index contributed by atoms with van der Waals surface area (Å²) in [5.41, 5.74) is 0. The Bertz CT molecular complexity index is 234. The van der Waals surface area contributed by atoms with E-state index in [1.165, 1.54) is 0 Å². The smallest absolute Gasteiger partial charge is 0.366 e. The summed E-state index contributed by atoms with van der Waals surface area (Å²) in [5, 5.41) is 0. The highest BCUT2D eigenvalue weighted by Gasteiger charge is 2.41. The molecule has 120 valence electrons. The standard InChI is InChI=1S/C14H30O4SSi/c1-5-9-10-11-14(15)12-13-19-20(16-6-2,17-7-3)18-8-4/h5-13H2,1-4H3. The minimum atomic E-state index is -2.64. The van der Waals surface area contributed by atoms with Crippen molar-refractivity contribution in [2.75, 3.05) is 25.6 Å². The lowest BCUT2D eigenvalue weighted by Crippen LogP contribution is -2.43. The molecule has 0 heterocycles. The molecule has 0 saturated carbocycles. The molecule has 0 aliphatic carbocycles. The minimum absolute atomic E-state index is 0.332. The second-order valence-corrected chi connectivity index (χ2v) is 9.32. The topological polar surface area (TPSA) is 44.8 Å². The van der Waals surface area contributed by atoms with E-state index in [0.717, 1.165) is 25.0 Å². The van der Waals surface area contributed by atoms with Crippen LogP contribution in [0.1, 0.15) is 59.8 Å². The van der Waals surface area contributed by atoms with Gasteiger partial charge in [-0.05, 0) is 27.2 Å². The van der Waals surface area contributed by atoms with Gasteiger partial charge in [0.15, 0.2) is 0 Å². The SMILES string of the molecule is CCCCCC(=O)CCS[Si](OCC)(OCC)OCC. The van der Waals surface area contributed by atoms with Gasteiger partial charge < -0.3 is 13.3 Å². The Morgan fingerprint density at radius 2 is 1.45 bits per heavy atom. The maximum Gasteiger partial charge on any atom is 0.573 e. The van der Waals surface area contributed by atoms with E-state index in [1.807, 2.05) is 20.8 Å². The van der Waals surface area contributed by atoms with E-state index in [9.17, 15) is 4.79 Å². The van der Waals surface area contributed by atoms with Crippen molar-refractivity contribution >= 4 is 24.9 Å². The lowest BCUT2D eigenvalue weighted by molar-refractivity contribution is -0.118. The van der Waals surface area contributed by atoms with Crippen molar-refractivity contribution in [3.05, 3.63) is 0 Å². The molecule has 4 nitrogen and oxygen atoms in total. The fourth-order valence-corrected chi connectivity index (χ4v) is 6.77. The third-order valence-electron chi connectivity index (χ3n) is 2.68. The summed E-state index contributed by atoms with van der Waals surface area (Å²) in [6.07, 6.45) is 4.56. The van der Waals surface area contributed by atoms with E-state index in [1.54, 1.807) is 11.2 Å². The van der Waals surface area contributed by atoms with E-state index >= 15 is 0 Å². The summed E-state index contributed by atoms with van der Waals surface area (Å²) in [7, 11) is -2.64. The van der Waals surface area contributed by atoms with E-state index in [4.69, 9.17) is 13.3 Å². The van der Waals surface area contributed by atoms with Gasteiger partial charge in [-0.15, -0.1) is 0 Å². The summed E-state index contributed by atoms with van der Waals surface area (Å²) in [6, 6.07) is 0. The van der Waals surface area contributed by atoms with Crippen LogP contribution < -0.4 is 0 Å². The lowest BCUT2D eigenvalue weighted by Gasteiger charge is -2.27. The number of hydrogen-bond acceptors (Lipinski definition) is 5. The molecule has 0 amide bonds. The molecule has 0 saturated heterocycles. The third-order valence-corrected chi connectivity index (χ3v) is 8.10. The first-order chi connectivity index (χ1) is 9.64. The summed E-state index contributed by atoms with van der Waals surface area (Å²) >= 11 is 1.56. The maximum atomic E-state index is 11.8. The number of rotatable bonds is 14. The number of ketones is 1. The van der Waals surface area contributed by atoms with Gasteiger partial charge in [0.05, 0.1) is 0 Å². The fraction of sp³-hybridized carbons (Fsp3) is 0.929. The number of carbonyl (C=O) groups excluding carboxylic acids is 1. The van der Waals surface area contributed by atoms with Crippen LogP contribution in [0.3, 0.4) is 0 Å². The molecule has 0 bridgehead atoms. The molecule has 0 rings (SSSR count). The average molecular weight is 323 g/mol. The van der Waals surface area contributed by atoms with Crippen LogP contribution in [0.25, 0.3) is 0 Å². The van der Waals surface area contributed by atoms with Crippen molar-refractivity contribution in [2.24, 2.45) is 0 Å². The van der Waals surface area contributed by atoms with Crippen LogP contribution >= 0.6 is 11.2 Å². The normalized spacial score (nSPS) is 11.8. The summed E-state index contributed by atoms with van der Waals surface area (Å²) < 4.78 is 17.2. The molecule has 0 aromatic rings. The maximum absolute atomic E-state index is 11.8. The van der Waals surface area contributed by atoms with Crippen molar-refractivity contribution in [1.82, 2.24) is 0 Å². The van der Waals surface area contributed by atoms with E-state index in [-0.39, 0.29) is 0 Å². The number of Topliss-reactive ketones (excluding diaryl/α,β-unsaturated/α-hetero) is 1. The first kappa shape index (κ1) is 20.1. The van der Waals surface area contributed by atoms with Gasteiger partial charge in [0.25, 0.3) is 0 Å². The molecule has 0 aliphatic rings. The zero-order valence-electron chi connectivity index (χ0n) is 13.4. The molecule has 0 aliphatic heterocycles. The molecule has 0 aromatic heterocycles. The molecule has 0 radical (unpaired) electrons. The molecular formula is C14H30O4SSi. The zero-order valence-corrected chi connectivity index (χ0v) is 15.2. The Kier molecular flexibility index (Phi) is 12.9. The van der Waals surface area contributed by atoms with Gasteiger partial charge in [0.2, 0.25) is 0 Å². The van der Waals surface area contributed by atoms with Gasteiger partial charge in [0.1, 0.15) is 5.78 Å². The Morgan fingerprint density at radius 3 is 1.90 bits per heavy atom. The monoisotopic (exact) mass is 322 g/mol. The second kappa shape index (κ2) is 12.8. The third kappa shape index (κ3) is 9.13. The molecule has 0 N–H and O–H groups in total. The summed E-state index contributed by atoms with van der Waals surface area (Å²) in [4.78, 5) is 11.8. The second-order valence-electron chi connectivity index (χ2n) is 4.39. The predicted octanol–water partition coefficient (Wildman–Crippen LogP) is 3.80. The van der Waals surface area contributed by atoms with Crippen LogP contribution in [0, 0.1) is 0 Å². The molecule has 0 atom stereocenters. The molecule has 0 fully saturated rings. The molecule has 0 unspecified atom stereocenters. The van der Waals surface area contributed by atoms with Crippen molar-refractivity contribution in [3.63, 3.8) is 0 Å². The Morgan fingerprint density at radius 1 is 0.900 bits per heavy atom. The first-order valence-electron chi connectivity index (χ1n) is 7.71. The van der Waals surface area contributed by atoms with Crippen LogP contribution in [-0.2, 0) is 18.1 Å². The van der Waals surface area contributed by atoms with E-state index < -0.39 is 7.95 Å². The number of hydrogen-bond donors (Lipinski definition) is 0. The van der Waals surface area contributed by atoms with Crippen LogP contribution in [0.5, 0.6) is 0 Å². The van der Waals surface area contributed by atoms with Crippen LogP contribution in [0.15, 0.2) is 0 Å². The lowest BCUT2D eigenvalue weighted by atomic mass is 10.1.